The van der Waals surface area contributed by atoms with E-state index >= 15 is 0 Å². The Balaban J connectivity index is 0.000000212. The van der Waals surface area contributed by atoms with E-state index in [4.69, 9.17) is 0 Å². The van der Waals surface area contributed by atoms with Crippen LogP contribution in [-0.4, -0.2) is 91.0 Å². The van der Waals surface area contributed by atoms with Crippen molar-refractivity contribution in [2.75, 3.05) is 31.5 Å². The summed E-state index contributed by atoms with van der Waals surface area (Å²) in [5.41, 5.74) is 5.94. The quantitative estimate of drug-likeness (QED) is 0.447. The van der Waals surface area contributed by atoms with Crippen molar-refractivity contribution in [2.24, 2.45) is 0 Å². The van der Waals surface area contributed by atoms with Gasteiger partial charge in [0, 0.05) is 68.1 Å². The van der Waals surface area contributed by atoms with Gasteiger partial charge in [0.1, 0.15) is 0 Å². The van der Waals surface area contributed by atoms with Crippen LogP contribution >= 0.6 is 24.8 Å². The number of amides is 2. The van der Waals surface area contributed by atoms with Crippen LogP contribution in [0.3, 0.4) is 0 Å². The Morgan fingerprint density at radius 2 is 1.16 bits per heavy atom. The summed E-state index contributed by atoms with van der Waals surface area (Å²) in [6, 6.07) is 5.75. The van der Waals surface area contributed by atoms with Gasteiger partial charge in [-0.3, -0.25) is 9.80 Å². The number of hydrogen-bond acceptors (Lipinski definition) is 6. The van der Waals surface area contributed by atoms with Crippen molar-refractivity contribution in [1.82, 2.24) is 24.1 Å². The fraction of sp³-hybridized carbons (Fsp3) is 0.774. The summed E-state index contributed by atoms with van der Waals surface area (Å²) in [6.45, 7) is 3.50. The Kier molecular flexibility index (Phi) is 9.31. The molecule has 12 heteroatoms. The maximum absolute atomic E-state index is 13.0. The average molecular weight is 656 g/mol. The number of anilines is 1. The Morgan fingerprint density at radius 1 is 0.698 bits per heavy atom. The van der Waals surface area contributed by atoms with Gasteiger partial charge in [-0.05, 0) is 112 Å². The number of benzene rings is 1. The van der Waals surface area contributed by atoms with Gasteiger partial charge in [0.05, 0.1) is 0 Å². The molecule has 4 heterocycles. The normalized spacial score (nSPS) is 31.3. The van der Waals surface area contributed by atoms with Crippen LogP contribution in [-0.2, 0) is 35.9 Å². The lowest BCUT2D eigenvalue weighted by Crippen LogP contribution is -2.58. The molecule has 6 fully saturated rings. The van der Waals surface area contributed by atoms with Crippen molar-refractivity contribution in [1.29, 1.82) is 0 Å². The van der Waals surface area contributed by atoms with Crippen LogP contribution in [0.5, 0.6) is 0 Å². The molecule has 0 aromatic heterocycles. The zero-order valence-electron chi connectivity index (χ0n) is 25.1. The number of fused-ring (bicyclic) bond motifs is 6. The van der Waals surface area contributed by atoms with Crippen LogP contribution in [0.15, 0.2) is 6.07 Å². The summed E-state index contributed by atoms with van der Waals surface area (Å²) in [4.78, 5) is 18.1. The van der Waals surface area contributed by atoms with Crippen LogP contribution in [0.4, 0.5) is 10.5 Å². The van der Waals surface area contributed by atoms with Gasteiger partial charge in [0.25, 0.3) is 0 Å². The van der Waals surface area contributed by atoms with Gasteiger partial charge in [-0.1, -0.05) is 6.07 Å². The number of nitrogens with zero attached hydrogens (tertiary/aromatic N) is 3. The van der Waals surface area contributed by atoms with Crippen LogP contribution in [0.25, 0.3) is 0 Å². The third-order valence-electron chi connectivity index (χ3n) is 11.2. The first-order valence-corrected chi connectivity index (χ1v) is 17.9. The van der Waals surface area contributed by atoms with E-state index in [0.717, 1.165) is 75.2 Å². The van der Waals surface area contributed by atoms with Gasteiger partial charge in [0.2, 0.25) is 0 Å². The standard InChI is InChI=1S/C22H30N4O3S.C9H16N2.2ClH/c27-22(23-21-19-5-1-3-14(19)11-15-4-2-6-20(15)21)24-30(28,29)25-12-17-9-10-18(13-25)26(17)16-7-8-16;1-2-7(1)11-8-3-4-9(11)6-10-5-8;;/h11,16-18H,1-10,12-13H2,(H2,23,24,27);7-10H,1-6H2;2*1H. The third kappa shape index (κ3) is 6.19. The highest BCUT2D eigenvalue weighted by Crippen LogP contribution is 2.41. The molecular weight excluding hydrogens is 607 g/mol. The van der Waals surface area contributed by atoms with Crippen molar-refractivity contribution < 1.29 is 13.2 Å². The van der Waals surface area contributed by atoms with Crippen LogP contribution in [0, 0.1) is 0 Å². The number of carbonyl (C=O) groups excluding carboxylic acids is 1. The lowest BCUT2D eigenvalue weighted by atomic mass is 9.99. The first kappa shape index (κ1) is 31.8. The second kappa shape index (κ2) is 12.6. The van der Waals surface area contributed by atoms with Crippen molar-refractivity contribution in [2.45, 2.75) is 126 Å². The molecule has 4 saturated heterocycles. The Labute approximate surface area is 269 Å². The molecule has 0 spiro atoms. The summed E-state index contributed by atoms with van der Waals surface area (Å²) < 4.78 is 29.8. The van der Waals surface area contributed by atoms with Gasteiger partial charge < -0.3 is 10.6 Å². The fourth-order valence-corrected chi connectivity index (χ4v) is 10.3. The fourth-order valence-electron chi connectivity index (χ4n) is 9.13. The van der Waals surface area contributed by atoms with Gasteiger partial charge in [-0.15, -0.1) is 24.8 Å². The molecule has 2 saturated carbocycles. The highest BCUT2D eigenvalue weighted by Gasteiger charge is 2.49. The van der Waals surface area contributed by atoms with E-state index < -0.39 is 16.2 Å². The monoisotopic (exact) mass is 654 g/mol. The SMILES string of the molecule is C1CC1N1C2CCC1CNC2.Cl.Cl.O=C(Nc1c2c(cc3c1CCC3)CCC2)NS(=O)(=O)N1CC2CCC(C1)N2C1CC1. The Morgan fingerprint density at radius 3 is 1.67 bits per heavy atom. The summed E-state index contributed by atoms with van der Waals surface area (Å²) in [5, 5.41) is 6.46. The largest absolute Gasteiger partial charge is 0.333 e. The van der Waals surface area contributed by atoms with Crippen molar-refractivity contribution in [3.63, 3.8) is 0 Å². The summed E-state index contributed by atoms with van der Waals surface area (Å²) in [6.07, 6.45) is 16.7. The minimum absolute atomic E-state index is 0. The Bertz CT molecular complexity index is 1260. The van der Waals surface area contributed by atoms with E-state index in [2.05, 4.69) is 31.2 Å². The van der Waals surface area contributed by atoms with E-state index in [1.165, 1.54) is 78.2 Å². The van der Waals surface area contributed by atoms with Crippen molar-refractivity contribution in [3.8, 4) is 0 Å². The van der Waals surface area contributed by atoms with Crippen LogP contribution in [0.2, 0.25) is 0 Å². The molecule has 240 valence electrons. The molecule has 8 aliphatic rings. The number of aryl methyl sites for hydroxylation is 2. The highest BCUT2D eigenvalue weighted by molar-refractivity contribution is 7.87. The smallest absolute Gasteiger partial charge is 0.314 e. The van der Waals surface area contributed by atoms with Gasteiger partial charge in [-0.2, -0.15) is 12.7 Å². The van der Waals surface area contributed by atoms with E-state index in [0.29, 0.717) is 31.2 Å². The molecular formula is C31H48Cl2N6O3S. The zero-order valence-corrected chi connectivity index (χ0v) is 27.5. The second-order valence-electron chi connectivity index (χ2n) is 13.9. The lowest BCUT2D eigenvalue weighted by Gasteiger charge is -2.40. The molecule has 3 N–H and O–H groups in total. The number of rotatable bonds is 5. The molecule has 4 aliphatic carbocycles. The zero-order chi connectivity index (χ0) is 27.7. The van der Waals surface area contributed by atoms with Gasteiger partial charge in [0.15, 0.2) is 0 Å². The molecule has 1 aromatic rings. The number of hydrogen-bond donors (Lipinski definition) is 3. The molecule has 4 unspecified atom stereocenters. The number of nitrogens with one attached hydrogen (secondary N) is 3. The van der Waals surface area contributed by atoms with Gasteiger partial charge in [-0.25, -0.2) is 9.52 Å². The number of halogens is 2. The predicted octanol–water partition coefficient (Wildman–Crippen LogP) is 3.77. The summed E-state index contributed by atoms with van der Waals surface area (Å²) in [7, 11) is -3.84. The minimum Gasteiger partial charge on any atom is -0.314 e. The van der Waals surface area contributed by atoms with Crippen LogP contribution < -0.4 is 15.4 Å². The maximum atomic E-state index is 13.0. The molecule has 0 radical (unpaired) electrons. The van der Waals surface area contributed by atoms with Crippen LogP contribution in [0.1, 0.15) is 86.5 Å². The van der Waals surface area contributed by atoms with E-state index in [1.54, 1.807) is 0 Å². The summed E-state index contributed by atoms with van der Waals surface area (Å²) in [5.74, 6) is 0. The Hall–Kier alpha value is -1.14. The summed E-state index contributed by atoms with van der Waals surface area (Å²) >= 11 is 0. The number of carbonyl (C=O) groups is 1. The highest BCUT2D eigenvalue weighted by atomic mass is 35.5. The second-order valence-corrected chi connectivity index (χ2v) is 15.6. The van der Waals surface area contributed by atoms with E-state index in [1.807, 2.05) is 0 Å². The first-order valence-electron chi connectivity index (χ1n) is 16.5. The minimum atomic E-state index is -3.84. The molecule has 4 aliphatic heterocycles. The molecule has 1 aromatic carbocycles. The molecule has 2 amide bonds. The molecule has 9 nitrogen and oxygen atoms in total. The topological polar surface area (TPSA) is 97.0 Å². The third-order valence-corrected chi connectivity index (χ3v) is 12.6. The molecule has 4 atom stereocenters. The predicted molar refractivity (Wildman–Crippen MR) is 174 cm³/mol. The van der Waals surface area contributed by atoms with Crippen molar-refractivity contribution >= 4 is 46.7 Å². The maximum Gasteiger partial charge on any atom is 0.333 e. The first-order chi connectivity index (χ1) is 19.9. The number of piperazine rings is 2. The van der Waals surface area contributed by atoms with E-state index in [9.17, 15) is 13.2 Å². The lowest BCUT2D eigenvalue weighted by molar-refractivity contribution is 0.102. The molecule has 9 rings (SSSR count). The molecule has 4 bridgehead atoms. The molecule has 43 heavy (non-hydrogen) atoms. The van der Waals surface area contributed by atoms with E-state index in [-0.39, 0.29) is 24.8 Å². The van der Waals surface area contributed by atoms with Gasteiger partial charge >= 0.3 is 16.2 Å². The van der Waals surface area contributed by atoms with Crippen molar-refractivity contribution in [3.05, 3.63) is 28.3 Å². The number of urea groups is 1. The average Bonchev–Trinajstić information content (AvgIpc) is 3.85.